The van der Waals surface area contributed by atoms with E-state index in [-0.39, 0.29) is 5.91 Å². The van der Waals surface area contributed by atoms with Gasteiger partial charge >= 0.3 is 5.97 Å². The summed E-state index contributed by atoms with van der Waals surface area (Å²) in [5.41, 5.74) is 2.57. The Morgan fingerprint density at radius 3 is 2.62 bits per heavy atom. The number of esters is 1. The van der Waals surface area contributed by atoms with Crippen LogP contribution in [-0.4, -0.2) is 28.8 Å². The molecule has 0 unspecified atom stereocenters. The summed E-state index contributed by atoms with van der Waals surface area (Å²) in [5, 5.41) is 10.6. The fourth-order valence-corrected chi connectivity index (χ4v) is 2.83. The van der Waals surface area contributed by atoms with Gasteiger partial charge in [-0.15, -0.1) is 0 Å². The van der Waals surface area contributed by atoms with Gasteiger partial charge in [-0.25, -0.2) is 4.79 Å². The van der Waals surface area contributed by atoms with Gasteiger partial charge < -0.3 is 10.1 Å². The van der Waals surface area contributed by atoms with E-state index >= 15 is 0 Å². The number of hydrogen-bond donors (Lipinski definition) is 1. The lowest BCUT2D eigenvalue weighted by Crippen LogP contribution is -2.34. The van der Waals surface area contributed by atoms with Crippen LogP contribution in [0.5, 0.6) is 0 Å². The molecule has 112 valence electrons. The van der Waals surface area contributed by atoms with Crippen molar-refractivity contribution in [2.75, 3.05) is 7.11 Å². The zero-order chi connectivity index (χ0) is 15.6. The Labute approximate surface area is 126 Å². The molecule has 0 saturated heterocycles. The van der Waals surface area contributed by atoms with Crippen molar-refractivity contribution >= 4 is 23.2 Å². The molecule has 2 aromatic heterocycles. The third-order valence-corrected chi connectivity index (χ3v) is 4.03. The van der Waals surface area contributed by atoms with Crippen LogP contribution in [0.3, 0.4) is 0 Å². The average Bonchev–Trinajstić information content (AvgIpc) is 3.05. The van der Waals surface area contributed by atoms with Crippen molar-refractivity contribution in [2.45, 2.75) is 19.9 Å². The smallest absolute Gasteiger partial charge is 0.333 e. The number of carbonyl (C=O) groups excluding carboxylic acids is 2. The van der Waals surface area contributed by atoms with Crippen molar-refractivity contribution in [2.24, 2.45) is 7.05 Å². The van der Waals surface area contributed by atoms with Crippen molar-refractivity contribution in [1.29, 1.82) is 0 Å². The maximum absolute atomic E-state index is 12.5. The Morgan fingerprint density at radius 2 is 2.14 bits per heavy atom. The quantitative estimate of drug-likeness (QED) is 0.873. The Morgan fingerprint density at radius 1 is 1.43 bits per heavy atom. The molecule has 0 saturated carbocycles. The summed E-state index contributed by atoms with van der Waals surface area (Å²) in [6.45, 7) is 3.58. The van der Waals surface area contributed by atoms with E-state index in [2.05, 4.69) is 10.4 Å². The van der Waals surface area contributed by atoms with Crippen molar-refractivity contribution in [3.05, 3.63) is 39.3 Å². The minimum absolute atomic E-state index is 0.334. The number of nitrogens with one attached hydrogen (secondary N) is 1. The second-order valence-corrected chi connectivity index (χ2v) is 5.44. The largest absolute Gasteiger partial charge is 0.467 e. The number of ether oxygens (including phenoxy) is 1. The highest BCUT2D eigenvalue weighted by Gasteiger charge is 2.27. The van der Waals surface area contributed by atoms with E-state index in [1.807, 2.05) is 17.7 Å². The standard InChI is InChI=1S/C14H17N3O3S/c1-8-11(9(2)17(3)16-8)13(18)15-12(14(19)20-4)10-5-6-21-7-10/h5-7,12H,1-4H3,(H,15,18)/t12-/m1/s1. The summed E-state index contributed by atoms with van der Waals surface area (Å²) >= 11 is 1.45. The minimum atomic E-state index is -0.812. The first kappa shape index (κ1) is 15.2. The van der Waals surface area contributed by atoms with Crippen molar-refractivity contribution < 1.29 is 14.3 Å². The number of carbonyl (C=O) groups is 2. The van der Waals surface area contributed by atoms with Gasteiger partial charge in [0, 0.05) is 12.7 Å². The molecule has 0 bridgehead atoms. The summed E-state index contributed by atoms with van der Waals surface area (Å²) in [7, 11) is 3.07. The Kier molecular flexibility index (Phi) is 4.42. The van der Waals surface area contributed by atoms with Crippen LogP contribution in [0.4, 0.5) is 0 Å². The SMILES string of the molecule is COC(=O)[C@H](NC(=O)c1c(C)nn(C)c1C)c1ccsc1. The van der Waals surface area contributed by atoms with Crippen LogP contribution in [0, 0.1) is 13.8 Å². The molecular weight excluding hydrogens is 290 g/mol. The molecule has 1 N–H and O–H groups in total. The van der Waals surface area contributed by atoms with E-state index in [1.165, 1.54) is 18.4 Å². The van der Waals surface area contributed by atoms with E-state index in [1.54, 1.807) is 24.7 Å². The molecular formula is C14H17N3O3S. The van der Waals surface area contributed by atoms with Crippen molar-refractivity contribution in [1.82, 2.24) is 15.1 Å². The van der Waals surface area contributed by atoms with E-state index < -0.39 is 12.0 Å². The van der Waals surface area contributed by atoms with Crippen LogP contribution >= 0.6 is 11.3 Å². The molecule has 2 aromatic rings. The highest BCUT2D eigenvalue weighted by molar-refractivity contribution is 7.08. The fraction of sp³-hybridized carbons (Fsp3) is 0.357. The normalized spacial score (nSPS) is 12.0. The van der Waals surface area contributed by atoms with Gasteiger partial charge in [-0.2, -0.15) is 16.4 Å². The van der Waals surface area contributed by atoms with Crippen LogP contribution in [0.25, 0.3) is 0 Å². The molecule has 2 rings (SSSR count). The second-order valence-electron chi connectivity index (χ2n) is 4.66. The van der Waals surface area contributed by atoms with Crippen LogP contribution in [0.2, 0.25) is 0 Å². The minimum Gasteiger partial charge on any atom is -0.467 e. The number of rotatable bonds is 4. The summed E-state index contributed by atoms with van der Waals surface area (Å²) < 4.78 is 6.41. The highest BCUT2D eigenvalue weighted by Crippen LogP contribution is 2.20. The van der Waals surface area contributed by atoms with E-state index in [4.69, 9.17) is 4.74 Å². The molecule has 21 heavy (non-hydrogen) atoms. The number of hydrogen-bond acceptors (Lipinski definition) is 5. The van der Waals surface area contributed by atoms with E-state index in [0.717, 1.165) is 5.69 Å². The van der Waals surface area contributed by atoms with Crippen LogP contribution in [0.1, 0.15) is 33.4 Å². The van der Waals surface area contributed by atoms with E-state index in [9.17, 15) is 9.59 Å². The van der Waals surface area contributed by atoms with Gasteiger partial charge in [0.15, 0.2) is 6.04 Å². The van der Waals surface area contributed by atoms with Gasteiger partial charge in [0.05, 0.1) is 18.4 Å². The molecule has 0 aliphatic carbocycles. The first-order valence-electron chi connectivity index (χ1n) is 6.36. The lowest BCUT2D eigenvalue weighted by Gasteiger charge is -2.15. The lowest BCUT2D eigenvalue weighted by atomic mass is 10.1. The average molecular weight is 307 g/mol. The predicted octanol–water partition coefficient (Wildman–Crippen LogP) is 1.74. The molecule has 0 radical (unpaired) electrons. The number of nitrogens with zero attached hydrogens (tertiary/aromatic N) is 2. The van der Waals surface area contributed by atoms with Gasteiger partial charge in [-0.1, -0.05) is 0 Å². The fourth-order valence-electron chi connectivity index (χ4n) is 2.14. The monoisotopic (exact) mass is 307 g/mol. The van der Waals surface area contributed by atoms with Crippen LogP contribution in [0.15, 0.2) is 16.8 Å². The van der Waals surface area contributed by atoms with Gasteiger partial charge in [-0.05, 0) is 36.2 Å². The summed E-state index contributed by atoms with van der Waals surface area (Å²) in [6.07, 6.45) is 0. The molecule has 7 heteroatoms. The molecule has 2 heterocycles. The molecule has 0 spiro atoms. The number of aryl methyl sites for hydroxylation is 2. The molecule has 0 fully saturated rings. The molecule has 6 nitrogen and oxygen atoms in total. The predicted molar refractivity (Wildman–Crippen MR) is 79.2 cm³/mol. The molecule has 0 aliphatic heterocycles. The maximum atomic E-state index is 12.5. The zero-order valence-electron chi connectivity index (χ0n) is 12.3. The topological polar surface area (TPSA) is 73.2 Å². The van der Waals surface area contributed by atoms with Gasteiger partial charge in [-0.3, -0.25) is 9.48 Å². The zero-order valence-corrected chi connectivity index (χ0v) is 13.2. The van der Waals surface area contributed by atoms with E-state index in [0.29, 0.717) is 16.8 Å². The number of amides is 1. The third-order valence-electron chi connectivity index (χ3n) is 3.32. The number of methoxy groups -OCH3 is 1. The highest BCUT2D eigenvalue weighted by atomic mass is 32.1. The number of aromatic nitrogens is 2. The molecule has 1 atom stereocenters. The first-order valence-corrected chi connectivity index (χ1v) is 7.31. The third kappa shape index (κ3) is 2.97. The summed E-state index contributed by atoms with van der Waals surface area (Å²) in [4.78, 5) is 24.4. The van der Waals surface area contributed by atoms with Gasteiger partial charge in [0.25, 0.3) is 5.91 Å². The molecule has 0 aromatic carbocycles. The van der Waals surface area contributed by atoms with Crippen LogP contribution < -0.4 is 5.32 Å². The molecule has 1 amide bonds. The van der Waals surface area contributed by atoms with Gasteiger partial charge in [0.1, 0.15) is 0 Å². The van der Waals surface area contributed by atoms with Crippen molar-refractivity contribution in [3.8, 4) is 0 Å². The lowest BCUT2D eigenvalue weighted by molar-refractivity contribution is -0.143. The number of thiophene rings is 1. The summed E-state index contributed by atoms with van der Waals surface area (Å²) in [5.74, 6) is -0.833. The Hall–Kier alpha value is -2.15. The van der Waals surface area contributed by atoms with Crippen LogP contribution in [-0.2, 0) is 16.6 Å². The van der Waals surface area contributed by atoms with Gasteiger partial charge in [0.2, 0.25) is 0 Å². The Balaban J connectivity index is 2.29. The van der Waals surface area contributed by atoms with Crippen molar-refractivity contribution in [3.63, 3.8) is 0 Å². The Bertz CT molecular complexity index is 661. The summed E-state index contributed by atoms with van der Waals surface area (Å²) in [6, 6.07) is 0.975. The second kappa shape index (κ2) is 6.09. The maximum Gasteiger partial charge on any atom is 0.333 e. The molecule has 0 aliphatic rings. The first-order chi connectivity index (χ1) is 9.95.